The van der Waals surface area contributed by atoms with Gasteiger partial charge in [0.2, 0.25) is 0 Å². The zero-order valence-electron chi connectivity index (χ0n) is 14.6. The molecule has 1 amide bonds. The highest BCUT2D eigenvalue weighted by Gasteiger charge is 2.09. The van der Waals surface area contributed by atoms with Crippen molar-refractivity contribution in [1.29, 1.82) is 0 Å². The SMILES string of the molecule is Cc1ccc(NC(=O)c2cc(C=Cc3ccccc3)[nH]c(=S)n2)cc1C. The lowest BCUT2D eigenvalue weighted by Crippen LogP contribution is -2.14. The van der Waals surface area contributed by atoms with E-state index in [1.807, 2.05) is 74.5 Å². The first-order valence-corrected chi connectivity index (χ1v) is 8.65. The van der Waals surface area contributed by atoms with Crippen LogP contribution in [0.4, 0.5) is 5.69 Å². The Morgan fingerprint density at radius 2 is 1.81 bits per heavy atom. The van der Waals surface area contributed by atoms with Crippen LogP contribution in [0, 0.1) is 18.6 Å². The van der Waals surface area contributed by atoms with Gasteiger partial charge in [-0.05, 0) is 67.0 Å². The number of aromatic amines is 1. The molecule has 2 aromatic carbocycles. The lowest BCUT2D eigenvalue weighted by atomic mass is 10.1. The van der Waals surface area contributed by atoms with Crippen molar-refractivity contribution in [1.82, 2.24) is 9.97 Å². The Morgan fingerprint density at radius 3 is 2.54 bits per heavy atom. The molecule has 0 saturated heterocycles. The molecule has 0 unspecified atom stereocenters. The fourth-order valence-corrected chi connectivity index (χ4v) is 2.66. The van der Waals surface area contributed by atoms with Crippen molar-refractivity contribution in [3.63, 3.8) is 0 Å². The van der Waals surface area contributed by atoms with Crippen molar-refractivity contribution in [2.45, 2.75) is 13.8 Å². The Bertz CT molecular complexity index is 1020. The third kappa shape index (κ3) is 4.52. The van der Waals surface area contributed by atoms with Crippen molar-refractivity contribution in [2.75, 3.05) is 5.32 Å². The fraction of sp³-hybridized carbons (Fsp3) is 0.0952. The Labute approximate surface area is 157 Å². The maximum atomic E-state index is 12.5. The molecule has 0 atom stereocenters. The van der Waals surface area contributed by atoms with Crippen molar-refractivity contribution < 1.29 is 4.79 Å². The summed E-state index contributed by atoms with van der Waals surface area (Å²) in [5.41, 5.74) is 5.09. The van der Waals surface area contributed by atoms with Crippen LogP contribution >= 0.6 is 12.2 Å². The van der Waals surface area contributed by atoms with Gasteiger partial charge in [-0.1, -0.05) is 42.5 Å². The second kappa shape index (κ2) is 7.89. The Balaban J connectivity index is 1.82. The minimum absolute atomic E-state index is 0.269. The van der Waals surface area contributed by atoms with Gasteiger partial charge < -0.3 is 10.3 Å². The summed E-state index contributed by atoms with van der Waals surface area (Å²) in [6, 6.07) is 17.4. The van der Waals surface area contributed by atoms with E-state index in [1.54, 1.807) is 6.07 Å². The molecule has 1 heterocycles. The normalized spacial score (nSPS) is 10.8. The largest absolute Gasteiger partial charge is 0.331 e. The molecule has 1 aromatic heterocycles. The quantitative estimate of drug-likeness (QED) is 0.630. The standard InChI is InChI=1S/C21H19N3OS/c1-14-8-10-17(12-15(14)2)22-20(25)19-13-18(23-21(26)24-19)11-9-16-6-4-3-5-7-16/h3-13H,1-2H3,(H,22,25)(H,23,24,26). The van der Waals surface area contributed by atoms with Crippen LogP contribution in [0.3, 0.4) is 0 Å². The van der Waals surface area contributed by atoms with E-state index in [9.17, 15) is 4.79 Å². The average Bonchev–Trinajstić information content (AvgIpc) is 2.63. The molecule has 0 saturated carbocycles. The first-order valence-electron chi connectivity index (χ1n) is 8.24. The van der Waals surface area contributed by atoms with Gasteiger partial charge in [-0.15, -0.1) is 0 Å². The zero-order chi connectivity index (χ0) is 18.5. The first kappa shape index (κ1) is 17.8. The van der Waals surface area contributed by atoms with E-state index in [0.29, 0.717) is 0 Å². The minimum Gasteiger partial charge on any atom is -0.331 e. The van der Waals surface area contributed by atoms with Crippen LogP contribution in [-0.4, -0.2) is 15.9 Å². The van der Waals surface area contributed by atoms with E-state index in [0.717, 1.165) is 22.5 Å². The lowest BCUT2D eigenvalue weighted by molar-refractivity contribution is 0.102. The number of carbonyl (C=O) groups is 1. The van der Waals surface area contributed by atoms with E-state index in [2.05, 4.69) is 15.3 Å². The summed E-state index contributed by atoms with van der Waals surface area (Å²) < 4.78 is 0.269. The summed E-state index contributed by atoms with van der Waals surface area (Å²) in [5.74, 6) is -0.289. The number of aromatic nitrogens is 2. The highest BCUT2D eigenvalue weighted by Crippen LogP contribution is 2.15. The number of anilines is 1. The van der Waals surface area contributed by atoms with Crippen LogP contribution < -0.4 is 5.32 Å². The van der Waals surface area contributed by atoms with Gasteiger partial charge in [-0.25, -0.2) is 4.98 Å². The maximum Gasteiger partial charge on any atom is 0.274 e. The molecule has 0 bridgehead atoms. The van der Waals surface area contributed by atoms with Crippen LogP contribution in [0.25, 0.3) is 12.2 Å². The van der Waals surface area contributed by atoms with Crippen LogP contribution in [-0.2, 0) is 0 Å². The summed E-state index contributed by atoms with van der Waals surface area (Å²) in [6.45, 7) is 4.04. The topological polar surface area (TPSA) is 57.8 Å². The van der Waals surface area contributed by atoms with Gasteiger partial charge in [0, 0.05) is 11.4 Å². The highest BCUT2D eigenvalue weighted by atomic mass is 32.1. The van der Waals surface area contributed by atoms with E-state index in [1.165, 1.54) is 5.56 Å². The van der Waals surface area contributed by atoms with E-state index in [-0.39, 0.29) is 16.4 Å². The fourth-order valence-electron chi connectivity index (χ4n) is 2.45. The molecule has 0 radical (unpaired) electrons. The second-order valence-corrected chi connectivity index (χ2v) is 6.41. The van der Waals surface area contributed by atoms with Crippen LogP contribution in [0.2, 0.25) is 0 Å². The third-order valence-electron chi connectivity index (χ3n) is 4.02. The van der Waals surface area contributed by atoms with Gasteiger partial charge in [0.25, 0.3) is 5.91 Å². The van der Waals surface area contributed by atoms with Gasteiger partial charge in [-0.3, -0.25) is 4.79 Å². The monoisotopic (exact) mass is 361 g/mol. The van der Waals surface area contributed by atoms with E-state index >= 15 is 0 Å². The number of H-pyrrole nitrogens is 1. The van der Waals surface area contributed by atoms with Crippen molar-refractivity contribution in [3.05, 3.63) is 87.4 Å². The third-order valence-corrected chi connectivity index (χ3v) is 4.21. The molecule has 3 aromatic rings. The molecule has 0 aliphatic carbocycles. The summed E-state index contributed by atoms with van der Waals surface area (Å²) in [5, 5.41) is 2.87. The molecule has 3 rings (SSSR count). The molecule has 5 heteroatoms. The molecule has 0 fully saturated rings. The van der Waals surface area contributed by atoms with Gasteiger partial charge in [0.05, 0.1) is 0 Å². The number of nitrogens with zero attached hydrogens (tertiary/aromatic N) is 1. The van der Waals surface area contributed by atoms with Crippen LogP contribution in [0.15, 0.2) is 54.6 Å². The minimum atomic E-state index is -0.289. The zero-order valence-corrected chi connectivity index (χ0v) is 15.4. The number of nitrogens with one attached hydrogen (secondary N) is 2. The Kier molecular flexibility index (Phi) is 5.39. The predicted octanol–water partition coefficient (Wildman–Crippen LogP) is 5.18. The molecule has 2 N–H and O–H groups in total. The van der Waals surface area contributed by atoms with Crippen LogP contribution in [0.5, 0.6) is 0 Å². The summed E-state index contributed by atoms with van der Waals surface area (Å²) in [7, 11) is 0. The second-order valence-electron chi connectivity index (χ2n) is 6.02. The van der Waals surface area contributed by atoms with Crippen molar-refractivity contribution in [3.8, 4) is 0 Å². The van der Waals surface area contributed by atoms with Crippen molar-refractivity contribution >= 4 is 36.0 Å². The van der Waals surface area contributed by atoms with E-state index < -0.39 is 0 Å². The number of rotatable bonds is 4. The summed E-state index contributed by atoms with van der Waals surface area (Å²) in [6.07, 6.45) is 3.82. The van der Waals surface area contributed by atoms with Gasteiger partial charge in [0.15, 0.2) is 4.77 Å². The molecule has 26 heavy (non-hydrogen) atoms. The Morgan fingerprint density at radius 1 is 1.04 bits per heavy atom. The van der Waals surface area contributed by atoms with E-state index in [4.69, 9.17) is 12.2 Å². The molecular formula is C21H19N3OS. The lowest BCUT2D eigenvalue weighted by Gasteiger charge is -2.08. The number of aryl methyl sites for hydroxylation is 2. The highest BCUT2D eigenvalue weighted by molar-refractivity contribution is 7.71. The molecule has 0 spiro atoms. The molecular weight excluding hydrogens is 342 g/mol. The van der Waals surface area contributed by atoms with Gasteiger partial charge in [-0.2, -0.15) is 0 Å². The summed E-state index contributed by atoms with van der Waals surface area (Å²) >= 11 is 5.16. The Hall–Kier alpha value is -3.05. The summed E-state index contributed by atoms with van der Waals surface area (Å²) in [4.78, 5) is 19.7. The maximum absolute atomic E-state index is 12.5. The number of hydrogen-bond acceptors (Lipinski definition) is 3. The first-order chi connectivity index (χ1) is 12.5. The van der Waals surface area contributed by atoms with Crippen LogP contribution in [0.1, 0.15) is 32.9 Å². The van der Waals surface area contributed by atoms with Gasteiger partial charge in [0.1, 0.15) is 5.69 Å². The number of benzene rings is 2. The number of hydrogen-bond donors (Lipinski definition) is 2. The van der Waals surface area contributed by atoms with Gasteiger partial charge >= 0.3 is 0 Å². The molecule has 0 aliphatic heterocycles. The number of amides is 1. The average molecular weight is 361 g/mol. The number of carbonyl (C=O) groups excluding carboxylic acids is 1. The predicted molar refractivity (Wildman–Crippen MR) is 109 cm³/mol. The molecule has 4 nitrogen and oxygen atoms in total. The smallest absolute Gasteiger partial charge is 0.274 e. The van der Waals surface area contributed by atoms with Crippen molar-refractivity contribution in [2.24, 2.45) is 0 Å². The molecule has 0 aliphatic rings. The molecule has 130 valence electrons.